The third-order valence-electron chi connectivity index (χ3n) is 6.23. The number of imide groups is 1. The molecule has 2 heterocycles. The summed E-state index contributed by atoms with van der Waals surface area (Å²) in [5.41, 5.74) is 2.51. The number of likely N-dealkylation sites (tertiary alicyclic amines) is 1. The molecule has 0 aromatic heterocycles. The van der Waals surface area contributed by atoms with Crippen molar-refractivity contribution in [1.29, 1.82) is 0 Å². The zero-order valence-electron chi connectivity index (χ0n) is 21.5. The van der Waals surface area contributed by atoms with Crippen LogP contribution in [-0.2, 0) is 19.0 Å². The maximum atomic E-state index is 13.3. The summed E-state index contributed by atoms with van der Waals surface area (Å²) in [5, 5.41) is 0. The minimum atomic E-state index is -0.695. The van der Waals surface area contributed by atoms with E-state index in [2.05, 4.69) is 25.6 Å². The van der Waals surface area contributed by atoms with Crippen molar-refractivity contribution < 1.29 is 23.8 Å². The van der Waals surface area contributed by atoms with E-state index in [0.717, 1.165) is 36.0 Å². The Morgan fingerprint density at radius 1 is 1.20 bits per heavy atom. The van der Waals surface area contributed by atoms with Gasteiger partial charge >= 0.3 is 6.09 Å². The highest BCUT2D eigenvalue weighted by Gasteiger charge is 2.45. The predicted octanol–water partition coefficient (Wildman–Crippen LogP) is 6.29. The fourth-order valence-corrected chi connectivity index (χ4v) is 4.36. The molecule has 0 radical (unpaired) electrons. The topological polar surface area (TPSA) is 65.1 Å². The molecule has 1 aromatic carbocycles. The van der Waals surface area contributed by atoms with Crippen LogP contribution in [0.3, 0.4) is 0 Å². The fourth-order valence-electron chi connectivity index (χ4n) is 4.36. The van der Waals surface area contributed by atoms with Crippen molar-refractivity contribution in [2.45, 2.75) is 77.7 Å². The molecule has 190 valence electrons. The molecule has 0 saturated carbocycles. The lowest BCUT2D eigenvalue weighted by Crippen LogP contribution is -2.43. The van der Waals surface area contributed by atoms with Gasteiger partial charge < -0.3 is 14.2 Å². The van der Waals surface area contributed by atoms with Crippen LogP contribution < -0.4 is 0 Å². The van der Waals surface area contributed by atoms with Crippen molar-refractivity contribution in [3.8, 4) is 0 Å². The van der Waals surface area contributed by atoms with E-state index in [0.29, 0.717) is 19.4 Å². The first kappa shape index (κ1) is 26.9. The minimum Gasteiger partial charge on any atom is -0.443 e. The molecule has 2 saturated heterocycles. The number of carbonyl (C=O) groups is 2. The number of hydrogen-bond acceptors (Lipinski definition) is 5. The summed E-state index contributed by atoms with van der Waals surface area (Å²) in [4.78, 5) is 27.6. The Bertz CT molecular complexity index is 938. The van der Waals surface area contributed by atoms with Crippen LogP contribution >= 0.6 is 0 Å². The van der Waals surface area contributed by atoms with Crippen LogP contribution in [0.4, 0.5) is 4.79 Å². The van der Waals surface area contributed by atoms with Gasteiger partial charge in [-0.25, -0.2) is 9.69 Å². The molecule has 2 amide bonds. The van der Waals surface area contributed by atoms with E-state index in [1.807, 2.05) is 30.4 Å². The SMILES string of the molecule is C=C/C(=C\C=C(/C)c1ccccc1)C[C@@H]1C[C@@H](COC2CCCCO2)C(=O)N1C(=O)OC(C)(C)C. The summed E-state index contributed by atoms with van der Waals surface area (Å²) in [6, 6.07) is 9.81. The summed E-state index contributed by atoms with van der Waals surface area (Å²) in [7, 11) is 0. The third-order valence-corrected chi connectivity index (χ3v) is 6.23. The molecule has 3 atom stereocenters. The molecular weight excluding hydrogens is 442 g/mol. The number of allylic oxidation sites excluding steroid dienone is 4. The molecule has 1 aromatic rings. The molecule has 6 heteroatoms. The molecule has 35 heavy (non-hydrogen) atoms. The van der Waals surface area contributed by atoms with Gasteiger partial charge in [-0.2, -0.15) is 0 Å². The van der Waals surface area contributed by atoms with Gasteiger partial charge in [0.25, 0.3) is 0 Å². The second-order valence-electron chi connectivity index (χ2n) is 10.3. The lowest BCUT2D eigenvalue weighted by atomic mass is 9.99. The Labute approximate surface area is 209 Å². The highest BCUT2D eigenvalue weighted by Crippen LogP contribution is 2.32. The Kier molecular flexibility index (Phi) is 9.47. The highest BCUT2D eigenvalue weighted by atomic mass is 16.7. The molecule has 0 aliphatic carbocycles. The van der Waals surface area contributed by atoms with Gasteiger partial charge in [-0.1, -0.05) is 55.1 Å². The largest absolute Gasteiger partial charge is 0.443 e. The van der Waals surface area contributed by atoms with Crippen LogP contribution in [-0.4, -0.2) is 48.0 Å². The summed E-state index contributed by atoms with van der Waals surface area (Å²) in [6.07, 6.45) is 8.88. The first-order valence-corrected chi connectivity index (χ1v) is 12.5. The van der Waals surface area contributed by atoms with E-state index in [-0.39, 0.29) is 24.8 Å². The Balaban J connectivity index is 1.75. The van der Waals surface area contributed by atoms with Gasteiger partial charge in [-0.15, -0.1) is 0 Å². The molecule has 3 rings (SSSR count). The highest BCUT2D eigenvalue weighted by molar-refractivity contribution is 5.95. The van der Waals surface area contributed by atoms with Gasteiger partial charge in [0.2, 0.25) is 5.91 Å². The molecule has 6 nitrogen and oxygen atoms in total. The van der Waals surface area contributed by atoms with E-state index in [4.69, 9.17) is 14.2 Å². The van der Waals surface area contributed by atoms with Crippen molar-refractivity contribution >= 4 is 17.6 Å². The summed E-state index contributed by atoms with van der Waals surface area (Å²) in [5.74, 6) is -0.662. The number of amides is 2. The van der Waals surface area contributed by atoms with Crippen molar-refractivity contribution in [1.82, 2.24) is 4.90 Å². The quantitative estimate of drug-likeness (QED) is 0.408. The van der Waals surface area contributed by atoms with E-state index >= 15 is 0 Å². The molecule has 2 fully saturated rings. The zero-order chi connectivity index (χ0) is 25.4. The first-order valence-electron chi connectivity index (χ1n) is 12.5. The van der Waals surface area contributed by atoms with Gasteiger partial charge in [-0.05, 0) is 76.5 Å². The van der Waals surface area contributed by atoms with Crippen LogP contribution in [0, 0.1) is 5.92 Å². The van der Waals surface area contributed by atoms with Gasteiger partial charge in [0.05, 0.1) is 12.5 Å². The molecule has 2 aliphatic heterocycles. The van der Waals surface area contributed by atoms with Crippen molar-refractivity contribution in [2.75, 3.05) is 13.2 Å². The second-order valence-corrected chi connectivity index (χ2v) is 10.3. The monoisotopic (exact) mass is 481 g/mol. The van der Waals surface area contributed by atoms with Crippen LogP contribution in [0.15, 0.2) is 60.7 Å². The normalized spacial score (nSPS) is 23.9. The molecule has 1 unspecified atom stereocenters. The summed E-state index contributed by atoms with van der Waals surface area (Å²) < 4.78 is 17.1. The predicted molar refractivity (Wildman–Crippen MR) is 138 cm³/mol. The molecule has 0 bridgehead atoms. The molecule has 0 N–H and O–H groups in total. The smallest absolute Gasteiger partial charge is 0.417 e. The Morgan fingerprint density at radius 2 is 1.94 bits per heavy atom. The number of carbonyl (C=O) groups excluding carboxylic acids is 2. The maximum Gasteiger partial charge on any atom is 0.417 e. The number of rotatable bonds is 8. The Morgan fingerprint density at radius 3 is 2.57 bits per heavy atom. The van der Waals surface area contributed by atoms with Gasteiger partial charge in [0.15, 0.2) is 6.29 Å². The first-order chi connectivity index (χ1) is 16.7. The van der Waals surface area contributed by atoms with E-state index < -0.39 is 17.6 Å². The maximum absolute atomic E-state index is 13.3. The zero-order valence-corrected chi connectivity index (χ0v) is 21.5. The third kappa shape index (κ3) is 7.91. The molecule has 2 aliphatic rings. The van der Waals surface area contributed by atoms with Crippen molar-refractivity contribution in [3.63, 3.8) is 0 Å². The number of ether oxygens (including phenoxy) is 3. The molecular formula is C29H39NO5. The van der Waals surface area contributed by atoms with E-state index in [1.54, 1.807) is 26.8 Å². The molecule has 0 spiro atoms. The van der Waals surface area contributed by atoms with Crippen molar-refractivity contribution in [2.24, 2.45) is 5.92 Å². The van der Waals surface area contributed by atoms with Gasteiger partial charge in [0.1, 0.15) is 5.60 Å². The van der Waals surface area contributed by atoms with Crippen LogP contribution in [0.5, 0.6) is 0 Å². The van der Waals surface area contributed by atoms with Crippen LogP contribution in [0.2, 0.25) is 0 Å². The fraction of sp³-hybridized carbons (Fsp3) is 0.517. The van der Waals surface area contributed by atoms with E-state index in [9.17, 15) is 9.59 Å². The number of benzene rings is 1. The van der Waals surface area contributed by atoms with E-state index in [1.165, 1.54) is 4.90 Å². The summed E-state index contributed by atoms with van der Waals surface area (Å²) >= 11 is 0. The average Bonchev–Trinajstić information content (AvgIpc) is 3.15. The number of nitrogens with zero attached hydrogens (tertiary/aromatic N) is 1. The minimum absolute atomic E-state index is 0.236. The number of hydrogen-bond donors (Lipinski definition) is 0. The van der Waals surface area contributed by atoms with Gasteiger partial charge in [-0.3, -0.25) is 4.79 Å². The summed E-state index contributed by atoms with van der Waals surface area (Å²) in [6.45, 7) is 12.3. The standard InChI is InChI=1S/C29H39NO5/c1-6-22(16-15-21(2)23-12-8-7-9-13-23)18-25-19-24(20-34-26-14-10-11-17-33-26)27(31)30(25)28(32)35-29(3,4)5/h6-9,12-13,15-16,24-26H,1,10-11,14,17-20H2,2-5H3/b21-15+,22-16+/t24-,25+,26?/m0/s1. The van der Waals surface area contributed by atoms with Crippen molar-refractivity contribution in [3.05, 3.63) is 66.3 Å². The van der Waals surface area contributed by atoms with Crippen LogP contribution in [0.1, 0.15) is 65.4 Å². The Hall–Kier alpha value is -2.70. The van der Waals surface area contributed by atoms with Crippen LogP contribution in [0.25, 0.3) is 5.57 Å². The second kappa shape index (κ2) is 12.3. The lowest BCUT2D eigenvalue weighted by Gasteiger charge is -2.27. The lowest BCUT2D eigenvalue weighted by molar-refractivity contribution is -0.171. The van der Waals surface area contributed by atoms with Gasteiger partial charge in [0, 0.05) is 12.6 Å². The average molecular weight is 482 g/mol.